The van der Waals surface area contributed by atoms with Crippen LogP contribution in [0, 0.1) is 0 Å². The zero-order chi connectivity index (χ0) is 16.7. The lowest BCUT2D eigenvalue weighted by Gasteiger charge is -2.31. The summed E-state index contributed by atoms with van der Waals surface area (Å²) in [6, 6.07) is 10.2. The van der Waals surface area contributed by atoms with Crippen LogP contribution in [0.4, 0.5) is 0 Å². The van der Waals surface area contributed by atoms with Gasteiger partial charge < -0.3 is 9.64 Å². The third-order valence-corrected chi connectivity index (χ3v) is 5.01. The highest BCUT2D eigenvalue weighted by atomic mass is 16.5. The van der Waals surface area contributed by atoms with Gasteiger partial charge in [-0.2, -0.15) is 5.10 Å². The summed E-state index contributed by atoms with van der Waals surface area (Å²) in [6.07, 6.45) is 7.48. The van der Waals surface area contributed by atoms with Crippen molar-refractivity contribution in [3.05, 3.63) is 48.2 Å². The van der Waals surface area contributed by atoms with Crippen molar-refractivity contribution in [1.29, 1.82) is 0 Å². The maximum Gasteiger partial charge on any atom is 0.272 e. The second-order valence-electron chi connectivity index (χ2n) is 6.45. The zero-order valence-electron chi connectivity index (χ0n) is 14.0. The molecule has 124 valence electrons. The van der Waals surface area contributed by atoms with Gasteiger partial charge in [0.2, 0.25) is 0 Å². The smallest absolute Gasteiger partial charge is 0.272 e. The monoisotopic (exact) mass is 323 g/mol. The summed E-state index contributed by atoms with van der Waals surface area (Å²) in [7, 11) is 3.48. The predicted molar refractivity (Wildman–Crippen MR) is 91.9 cm³/mol. The van der Waals surface area contributed by atoms with Crippen LogP contribution in [0.25, 0.3) is 11.3 Å². The number of amides is 1. The molecule has 2 unspecified atom stereocenters. The maximum atomic E-state index is 13.1. The zero-order valence-corrected chi connectivity index (χ0v) is 14.0. The van der Waals surface area contributed by atoms with Crippen molar-refractivity contribution < 1.29 is 9.53 Å². The Balaban J connectivity index is 1.66. The van der Waals surface area contributed by atoms with Crippen LogP contribution in [-0.2, 0) is 7.05 Å². The molecule has 5 nitrogen and oxygen atoms in total. The summed E-state index contributed by atoms with van der Waals surface area (Å²) in [4.78, 5) is 15.1. The van der Waals surface area contributed by atoms with E-state index in [1.165, 1.54) is 0 Å². The summed E-state index contributed by atoms with van der Waals surface area (Å²) in [6.45, 7) is 0. The quantitative estimate of drug-likeness (QED) is 0.816. The summed E-state index contributed by atoms with van der Waals surface area (Å²) in [5.74, 6) is 0.862. The van der Waals surface area contributed by atoms with Crippen LogP contribution < -0.4 is 4.74 Å². The lowest BCUT2D eigenvalue weighted by molar-refractivity contribution is 0.0677. The van der Waals surface area contributed by atoms with Crippen LogP contribution in [0.5, 0.6) is 5.75 Å². The first-order valence-corrected chi connectivity index (χ1v) is 8.35. The largest absolute Gasteiger partial charge is 0.497 e. The predicted octanol–water partition coefficient (Wildman–Crippen LogP) is 3.03. The van der Waals surface area contributed by atoms with Crippen molar-refractivity contribution in [2.24, 2.45) is 7.05 Å². The van der Waals surface area contributed by atoms with Crippen molar-refractivity contribution >= 4 is 5.91 Å². The highest BCUT2D eigenvalue weighted by Gasteiger charge is 2.38. The van der Waals surface area contributed by atoms with Gasteiger partial charge in [-0.3, -0.25) is 9.48 Å². The molecule has 2 aliphatic rings. The second-order valence-corrected chi connectivity index (χ2v) is 6.45. The molecule has 1 fully saturated rings. The third kappa shape index (κ3) is 2.40. The number of nitrogens with zero attached hydrogens (tertiary/aromatic N) is 3. The van der Waals surface area contributed by atoms with Gasteiger partial charge in [0, 0.05) is 18.7 Å². The van der Waals surface area contributed by atoms with Crippen molar-refractivity contribution in [2.45, 2.75) is 31.3 Å². The van der Waals surface area contributed by atoms with Gasteiger partial charge in [-0.1, -0.05) is 24.3 Å². The number of hydrogen-bond donors (Lipinski definition) is 0. The van der Waals surface area contributed by atoms with Gasteiger partial charge in [0.1, 0.15) is 11.4 Å². The molecule has 24 heavy (non-hydrogen) atoms. The topological polar surface area (TPSA) is 47.4 Å². The molecule has 2 aliphatic heterocycles. The van der Waals surface area contributed by atoms with Gasteiger partial charge in [0.15, 0.2) is 0 Å². The number of carbonyl (C=O) groups excluding carboxylic acids is 1. The highest BCUT2D eigenvalue weighted by Crippen LogP contribution is 2.33. The fourth-order valence-corrected chi connectivity index (χ4v) is 3.76. The summed E-state index contributed by atoms with van der Waals surface area (Å²) in [5, 5.41) is 4.54. The Morgan fingerprint density at radius 2 is 2.17 bits per heavy atom. The van der Waals surface area contributed by atoms with E-state index in [9.17, 15) is 4.79 Å². The Morgan fingerprint density at radius 3 is 2.96 bits per heavy atom. The minimum Gasteiger partial charge on any atom is -0.497 e. The molecule has 2 bridgehead atoms. The highest BCUT2D eigenvalue weighted by molar-refractivity contribution is 5.94. The third-order valence-electron chi connectivity index (χ3n) is 5.01. The molecule has 0 radical (unpaired) electrons. The Morgan fingerprint density at radius 1 is 1.29 bits per heavy atom. The summed E-state index contributed by atoms with van der Waals surface area (Å²) < 4.78 is 6.96. The molecular formula is C19H21N3O2. The van der Waals surface area contributed by atoms with Gasteiger partial charge in [-0.15, -0.1) is 0 Å². The van der Waals surface area contributed by atoms with E-state index in [2.05, 4.69) is 17.3 Å². The van der Waals surface area contributed by atoms with E-state index in [0.29, 0.717) is 11.7 Å². The van der Waals surface area contributed by atoms with Crippen molar-refractivity contribution in [2.75, 3.05) is 7.11 Å². The molecule has 2 aromatic rings. The fraction of sp³-hybridized carbons (Fsp3) is 0.368. The molecule has 0 saturated carbocycles. The number of aromatic nitrogens is 2. The van der Waals surface area contributed by atoms with E-state index in [1.807, 2.05) is 42.3 Å². The van der Waals surface area contributed by atoms with Crippen LogP contribution >= 0.6 is 0 Å². The molecule has 2 atom stereocenters. The Kier molecular flexibility index (Phi) is 3.63. The van der Waals surface area contributed by atoms with E-state index in [4.69, 9.17) is 4.74 Å². The number of hydrogen-bond acceptors (Lipinski definition) is 3. The minimum absolute atomic E-state index is 0.0796. The van der Waals surface area contributed by atoms with Gasteiger partial charge in [0.25, 0.3) is 5.91 Å². The van der Waals surface area contributed by atoms with Crippen molar-refractivity contribution in [3.63, 3.8) is 0 Å². The van der Waals surface area contributed by atoms with E-state index >= 15 is 0 Å². The molecule has 0 N–H and O–H groups in total. The molecule has 0 aliphatic carbocycles. The molecule has 5 heteroatoms. The van der Waals surface area contributed by atoms with Crippen molar-refractivity contribution in [3.8, 4) is 17.0 Å². The van der Waals surface area contributed by atoms with E-state index < -0.39 is 0 Å². The first-order chi connectivity index (χ1) is 11.7. The molecule has 1 aromatic heterocycles. The van der Waals surface area contributed by atoms with Crippen LogP contribution in [-0.4, -0.2) is 39.8 Å². The number of methoxy groups -OCH3 is 1. The van der Waals surface area contributed by atoms with Gasteiger partial charge in [-0.05, 0) is 37.5 Å². The summed E-state index contributed by atoms with van der Waals surface area (Å²) >= 11 is 0. The molecule has 4 rings (SSSR count). The Bertz CT molecular complexity index is 809. The van der Waals surface area contributed by atoms with Gasteiger partial charge in [0.05, 0.1) is 18.8 Å². The molecule has 3 heterocycles. The van der Waals surface area contributed by atoms with E-state index in [1.54, 1.807) is 11.8 Å². The molecule has 1 amide bonds. The van der Waals surface area contributed by atoms with Crippen LogP contribution in [0.15, 0.2) is 42.5 Å². The van der Waals surface area contributed by atoms with E-state index in [0.717, 1.165) is 36.3 Å². The van der Waals surface area contributed by atoms with Crippen LogP contribution in [0.3, 0.4) is 0 Å². The molecule has 1 saturated heterocycles. The number of fused-ring (bicyclic) bond motifs is 2. The van der Waals surface area contributed by atoms with Gasteiger partial charge in [-0.25, -0.2) is 0 Å². The number of rotatable bonds is 3. The first-order valence-electron chi connectivity index (χ1n) is 8.35. The average molecular weight is 323 g/mol. The Hall–Kier alpha value is -2.56. The lowest BCUT2D eigenvalue weighted by atomic mass is 10.1. The molecule has 0 spiro atoms. The lowest BCUT2D eigenvalue weighted by Crippen LogP contribution is -2.42. The fourth-order valence-electron chi connectivity index (χ4n) is 3.76. The van der Waals surface area contributed by atoms with Crippen LogP contribution in [0.1, 0.15) is 29.8 Å². The summed E-state index contributed by atoms with van der Waals surface area (Å²) in [5.41, 5.74) is 2.38. The number of aryl methyl sites for hydroxylation is 1. The number of carbonyl (C=O) groups is 1. The molecular weight excluding hydrogens is 302 g/mol. The number of benzene rings is 1. The normalized spacial score (nSPS) is 22.0. The number of ether oxygens (including phenoxy) is 1. The van der Waals surface area contributed by atoms with Crippen molar-refractivity contribution in [1.82, 2.24) is 14.7 Å². The standard InChI is InChI=1S/C19H21N3O2/c1-21-18(19(23)22-14-6-4-7-15(22)10-9-14)12-17(20-21)13-5-3-8-16(11-13)24-2/h3-6,8,11-12,14-15H,7,9-10H2,1-2H3. The van der Waals surface area contributed by atoms with E-state index in [-0.39, 0.29) is 11.9 Å². The first kappa shape index (κ1) is 15.0. The maximum absolute atomic E-state index is 13.1. The SMILES string of the molecule is COc1cccc(-c2cc(C(=O)N3C4C=CCC3CC4)n(C)n2)c1. The average Bonchev–Trinajstić information content (AvgIpc) is 3.11. The Labute approximate surface area is 141 Å². The minimum atomic E-state index is 0.0796. The van der Waals surface area contributed by atoms with Gasteiger partial charge >= 0.3 is 0 Å². The van der Waals surface area contributed by atoms with Crippen LogP contribution in [0.2, 0.25) is 0 Å². The second kappa shape index (κ2) is 5.82. The molecule has 1 aromatic carbocycles.